The van der Waals surface area contributed by atoms with Crippen molar-refractivity contribution in [2.75, 3.05) is 19.2 Å². The number of hydrogen-bond donors (Lipinski definition) is 1. The van der Waals surface area contributed by atoms with Gasteiger partial charge in [-0.05, 0) is 6.42 Å². The molecule has 0 aromatic rings. The summed E-state index contributed by atoms with van der Waals surface area (Å²) >= 11 is 1.26. The van der Waals surface area contributed by atoms with Crippen molar-refractivity contribution in [1.29, 1.82) is 0 Å². The highest BCUT2D eigenvalue weighted by Crippen LogP contribution is 2.18. The molecule has 0 spiro atoms. The Hall–Kier alpha value is 0.0600. The Morgan fingerprint density at radius 2 is 2.08 bits per heavy atom. The molecule has 0 saturated heterocycles. The lowest BCUT2D eigenvalue weighted by molar-refractivity contribution is -0.168. The summed E-state index contributed by atoms with van der Waals surface area (Å²) < 4.78 is 39.0. The largest absolute Gasteiger partial charge is 0.411 e. The van der Waals surface area contributed by atoms with Gasteiger partial charge in [0.25, 0.3) is 0 Å². The lowest BCUT2D eigenvalue weighted by atomic mass is 10.4. The lowest BCUT2D eigenvalue weighted by Gasteiger charge is -2.10. The van der Waals surface area contributed by atoms with E-state index in [1.807, 2.05) is 6.92 Å². The van der Waals surface area contributed by atoms with Crippen LogP contribution in [-0.4, -0.2) is 35.7 Å². The van der Waals surface area contributed by atoms with Crippen LogP contribution in [0.1, 0.15) is 13.3 Å². The highest BCUT2D eigenvalue weighted by Gasteiger charge is 2.27. The summed E-state index contributed by atoms with van der Waals surface area (Å²) in [5, 5.41) is 8.61. The van der Waals surface area contributed by atoms with Crippen molar-refractivity contribution < 1.29 is 23.0 Å². The highest BCUT2D eigenvalue weighted by molar-refractivity contribution is 7.99. The summed E-state index contributed by atoms with van der Waals surface area (Å²) in [6.07, 6.45) is -3.68. The van der Waals surface area contributed by atoms with Gasteiger partial charge < -0.3 is 9.84 Å². The summed E-state index contributed by atoms with van der Waals surface area (Å²) in [6.45, 7) is 0.678. The van der Waals surface area contributed by atoms with Crippen LogP contribution in [0.25, 0.3) is 0 Å². The molecule has 0 rings (SSSR count). The minimum absolute atomic E-state index is 0.0146. The summed E-state index contributed by atoms with van der Waals surface area (Å²) in [5.74, 6) is 0.0146. The van der Waals surface area contributed by atoms with Crippen molar-refractivity contribution >= 4 is 11.8 Å². The van der Waals surface area contributed by atoms with Gasteiger partial charge in [-0.15, -0.1) is 11.8 Å². The third-order valence-electron chi connectivity index (χ3n) is 1.24. The molecule has 0 aliphatic rings. The molecule has 6 heteroatoms. The first kappa shape index (κ1) is 13.1. The molecule has 0 radical (unpaired) electrons. The molecule has 0 aromatic carbocycles. The van der Waals surface area contributed by atoms with Gasteiger partial charge in [-0.1, -0.05) is 6.92 Å². The number of ether oxygens (including phenoxy) is 1. The number of alkyl halides is 3. The van der Waals surface area contributed by atoms with Crippen molar-refractivity contribution in [3.63, 3.8) is 0 Å². The van der Waals surface area contributed by atoms with E-state index < -0.39 is 12.8 Å². The van der Waals surface area contributed by atoms with E-state index in [9.17, 15) is 13.2 Å². The van der Waals surface area contributed by atoms with E-state index in [4.69, 9.17) is 5.11 Å². The predicted octanol–water partition coefficient (Wildman–Crippen LogP) is 2.03. The van der Waals surface area contributed by atoms with E-state index in [-0.39, 0.29) is 17.8 Å². The normalized spacial score (nSPS) is 14.5. The molecule has 1 atom stereocenters. The molecule has 0 aromatic heterocycles. The quantitative estimate of drug-likeness (QED) is 0.546. The van der Waals surface area contributed by atoms with Gasteiger partial charge in [0.15, 0.2) is 0 Å². The maximum absolute atomic E-state index is 11.6. The molecule has 2 nitrogen and oxygen atoms in total. The summed E-state index contributed by atoms with van der Waals surface area (Å²) in [5.41, 5.74) is 0. The van der Waals surface area contributed by atoms with Crippen molar-refractivity contribution in [3.05, 3.63) is 0 Å². The van der Waals surface area contributed by atoms with Gasteiger partial charge in [-0.25, -0.2) is 0 Å². The second-order valence-corrected chi connectivity index (χ2v) is 3.94. The van der Waals surface area contributed by atoms with Crippen LogP contribution in [-0.2, 0) is 4.74 Å². The first-order valence-corrected chi connectivity index (χ1v) is 4.87. The van der Waals surface area contributed by atoms with Crippen LogP contribution >= 0.6 is 11.8 Å². The monoisotopic (exact) mass is 218 g/mol. The van der Waals surface area contributed by atoms with Gasteiger partial charge in [0, 0.05) is 11.9 Å². The summed E-state index contributed by atoms with van der Waals surface area (Å²) in [7, 11) is 0. The maximum atomic E-state index is 11.6. The second kappa shape index (κ2) is 6.50. The van der Waals surface area contributed by atoms with Crippen LogP contribution in [0.2, 0.25) is 0 Å². The number of aliphatic hydroxyl groups is 1. The minimum Gasteiger partial charge on any atom is -0.396 e. The van der Waals surface area contributed by atoms with Gasteiger partial charge in [0.05, 0.1) is 5.94 Å². The number of rotatable bonds is 6. The molecular weight excluding hydrogens is 205 g/mol. The van der Waals surface area contributed by atoms with Gasteiger partial charge >= 0.3 is 6.18 Å². The molecule has 0 aliphatic carbocycles. The number of aliphatic hydroxyl groups excluding tert-OH is 1. The molecule has 13 heavy (non-hydrogen) atoms. The number of hydrogen-bond acceptors (Lipinski definition) is 3. The Balaban J connectivity index is 3.25. The highest BCUT2D eigenvalue weighted by atomic mass is 32.2. The zero-order valence-corrected chi connectivity index (χ0v) is 8.12. The van der Waals surface area contributed by atoms with Crippen molar-refractivity contribution in [3.8, 4) is 0 Å². The van der Waals surface area contributed by atoms with E-state index in [1.165, 1.54) is 11.8 Å². The summed E-state index contributed by atoms with van der Waals surface area (Å²) in [6, 6.07) is 0. The number of halogens is 3. The van der Waals surface area contributed by atoms with Gasteiger partial charge in [0.1, 0.15) is 6.61 Å². The topological polar surface area (TPSA) is 29.5 Å². The SMILES string of the molecule is CC(CCO)SCOCC(F)(F)F. The zero-order chi connectivity index (χ0) is 10.3. The third-order valence-corrected chi connectivity index (χ3v) is 2.34. The van der Waals surface area contributed by atoms with Gasteiger partial charge in [-0.2, -0.15) is 13.2 Å². The molecule has 0 fully saturated rings. The fourth-order valence-corrected chi connectivity index (χ4v) is 1.27. The molecule has 0 aliphatic heterocycles. The molecule has 0 heterocycles. The van der Waals surface area contributed by atoms with Crippen LogP contribution in [0.4, 0.5) is 13.2 Å². The van der Waals surface area contributed by atoms with E-state index in [2.05, 4.69) is 4.74 Å². The van der Waals surface area contributed by atoms with Crippen LogP contribution in [0.3, 0.4) is 0 Å². The predicted molar refractivity (Wildman–Crippen MR) is 45.6 cm³/mol. The molecule has 80 valence electrons. The fourth-order valence-electron chi connectivity index (χ4n) is 0.587. The van der Waals surface area contributed by atoms with Crippen LogP contribution in [0, 0.1) is 0 Å². The van der Waals surface area contributed by atoms with Crippen molar-refractivity contribution in [2.45, 2.75) is 24.8 Å². The van der Waals surface area contributed by atoms with E-state index in [0.717, 1.165) is 0 Å². The second-order valence-electron chi connectivity index (χ2n) is 2.57. The first-order valence-electron chi connectivity index (χ1n) is 3.82. The van der Waals surface area contributed by atoms with Crippen LogP contribution in [0.15, 0.2) is 0 Å². The van der Waals surface area contributed by atoms with Crippen molar-refractivity contribution in [2.24, 2.45) is 0 Å². The smallest absolute Gasteiger partial charge is 0.396 e. The van der Waals surface area contributed by atoms with Crippen molar-refractivity contribution in [1.82, 2.24) is 0 Å². The standard InChI is InChI=1S/C7H13F3O2S/c1-6(2-3-11)13-5-12-4-7(8,9)10/h6,11H,2-5H2,1H3. The van der Waals surface area contributed by atoms with E-state index >= 15 is 0 Å². The Kier molecular flexibility index (Phi) is 6.53. The minimum atomic E-state index is -4.25. The molecule has 1 unspecified atom stereocenters. The molecule has 0 bridgehead atoms. The van der Waals surface area contributed by atoms with E-state index in [1.54, 1.807) is 0 Å². The number of thioether (sulfide) groups is 1. The van der Waals surface area contributed by atoms with Gasteiger partial charge in [-0.3, -0.25) is 0 Å². The Bertz CT molecular complexity index is 129. The van der Waals surface area contributed by atoms with Gasteiger partial charge in [0.2, 0.25) is 0 Å². The maximum Gasteiger partial charge on any atom is 0.411 e. The van der Waals surface area contributed by atoms with Crippen LogP contribution < -0.4 is 0 Å². The Morgan fingerprint density at radius 3 is 2.54 bits per heavy atom. The summed E-state index contributed by atoms with van der Waals surface area (Å²) in [4.78, 5) is 0. The first-order chi connectivity index (χ1) is 5.95. The van der Waals surface area contributed by atoms with Crippen LogP contribution in [0.5, 0.6) is 0 Å². The average Bonchev–Trinajstić information content (AvgIpc) is 1.97. The fraction of sp³-hybridized carbons (Fsp3) is 1.00. The third kappa shape index (κ3) is 9.98. The molecule has 0 amide bonds. The average molecular weight is 218 g/mol. The molecular formula is C7H13F3O2S. The van der Waals surface area contributed by atoms with E-state index in [0.29, 0.717) is 6.42 Å². The lowest BCUT2D eigenvalue weighted by Crippen LogP contribution is -2.17. The zero-order valence-electron chi connectivity index (χ0n) is 7.30. The molecule has 1 N–H and O–H groups in total. The molecule has 0 saturated carbocycles. The Morgan fingerprint density at radius 1 is 1.46 bits per heavy atom. The Labute approximate surface area is 79.5 Å².